The molecule has 4 saturated carbocycles. The van der Waals surface area contributed by atoms with Gasteiger partial charge < -0.3 is 5.11 Å². The number of hydrazine groups is 2. The summed E-state index contributed by atoms with van der Waals surface area (Å²) in [5.74, 6) is 4.51. The third kappa shape index (κ3) is 2.90. The zero-order chi connectivity index (χ0) is 19.5. The SMILES string of the molecule is CN1NC=NN1CC(=O)C1CCC2C3CCC4CC(O)CCC4C3CCC12C. The first-order valence-corrected chi connectivity index (χ1v) is 11.5. The highest BCUT2D eigenvalue weighted by Crippen LogP contribution is 2.64. The van der Waals surface area contributed by atoms with Gasteiger partial charge in [0.05, 0.1) is 6.10 Å². The molecule has 6 nitrogen and oxygen atoms in total. The second-order valence-corrected chi connectivity index (χ2v) is 10.5. The molecule has 0 aromatic rings. The molecular weight excluding hydrogens is 352 g/mol. The van der Waals surface area contributed by atoms with Gasteiger partial charge in [-0.25, -0.2) is 5.12 Å². The van der Waals surface area contributed by atoms with Crippen molar-refractivity contribution in [2.24, 2.45) is 46.0 Å². The molecule has 4 fully saturated rings. The topological polar surface area (TPSA) is 68.2 Å². The number of carbonyl (C=O) groups excluding carboxylic acids is 1. The van der Waals surface area contributed by atoms with Crippen LogP contribution >= 0.6 is 0 Å². The number of aliphatic hydroxyl groups is 1. The van der Waals surface area contributed by atoms with Gasteiger partial charge in [-0.1, -0.05) is 6.92 Å². The molecule has 0 spiro atoms. The maximum absolute atomic E-state index is 13.2. The highest BCUT2D eigenvalue weighted by atomic mass is 16.3. The number of nitrogens with one attached hydrogen (secondary N) is 1. The predicted molar refractivity (Wildman–Crippen MR) is 108 cm³/mol. The fourth-order valence-corrected chi connectivity index (χ4v) is 8.07. The fraction of sp³-hybridized carbons (Fsp3) is 0.909. The van der Waals surface area contributed by atoms with Gasteiger partial charge in [0.25, 0.3) is 0 Å². The molecule has 1 aliphatic heterocycles. The molecule has 0 aromatic heterocycles. The molecule has 0 amide bonds. The first kappa shape index (κ1) is 18.9. The maximum Gasteiger partial charge on any atom is 0.159 e. The second-order valence-electron chi connectivity index (χ2n) is 10.5. The summed E-state index contributed by atoms with van der Waals surface area (Å²) in [5.41, 5.74) is 3.17. The molecular formula is C22H36N4O2. The van der Waals surface area contributed by atoms with Crippen LogP contribution in [-0.2, 0) is 4.79 Å². The van der Waals surface area contributed by atoms with E-state index in [0.717, 1.165) is 42.9 Å². The van der Waals surface area contributed by atoms with E-state index in [0.29, 0.717) is 18.2 Å². The lowest BCUT2D eigenvalue weighted by Crippen LogP contribution is -2.50. The van der Waals surface area contributed by atoms with Crippen LogP contribution in [0.5, 0.6) is 0 Å². The Bertz CT molecular complexity index is 654. The van der Waals surface area contributed by atoms with E-state index >= 15 is 0 Å². The summed E-state index contributed by atoms with van der Waals surface area (Å²) in [5, 5.41) is 17.9. The molecule has 1 heterocycles. The van der Waals surface area contributed by atoms with Crippen LogP contribution in [0.2, 0.25) is 0 Å². The lowest BCUT2D eigenvalue weighted by Gasteiger charge is -2.56. The molecule has 8 atom stereocenters. The van der Waals surface area contributed by atoms with Gasteiger partial charge in [-0.05, 0) is 92.8 Å². The van der Waals surface area contributed by atoms with Gasteiger partial charge in [0.2, 0.25) is 0 Å². The number of nitrogens with zero attached hydrogens (tertiary/aromatic N) is 3. The Labute approximate surface area is 168 Å². The first-order valence-electron chi connectivity index (χ1n) is 11.5. The Morgan fingerprint density at radius 1 is 1.14 bits per heavy atom. The van der Waals surface area contributed by atoms with E-state index in [1.165, 1.54) is 38.5 Å². The standard InChI is InChI=1S/C22H36N4O2/c1-22-10-9-17-16-6-4-15(27)11-14(16)3-5-18(17)19(22)7-8-20(22)21(28)12-26-24-13-23-25(26)2/h13-20,27H,3-12H2,1-2H3,(H,23,24). The fourth-order valence-electron chi connectivity index (χ4n) is 8.07. The van der Waals surface area contributed by atoms with Crippen molar-refractivity contribution in [1.29, 1.82) is 0 Å². The molecule has 4 aliphatic carbocycles. The van der Waals surface area contributed by atoms with Crippen LogP contribution in [0.25, 0.3) is 0 Å². The van der Waals surface area contributed by atoms with Crippen molar-refractivity contribution in [3.8, 4) is 0 Å². The van der Waals surface area contributed by atoms with Crippen molar-refractivity contribution >= 4 is 12.1 Å². The number of aliphatic hydroxyl groups excluding tert-OH is 1. The Hall–Kier alpha value is -1.14. The van der Waals surface area contributed by atoms with Crippen LogP contribution in [0.1, 0.15) is 64.7 Å². The number of rotatable bonds is 3. The van der Waals surface area contributed by atoms with Gasteiger partial charge in [0, 0.05) is 13.0 Å². The van der Waals surface area contributed by atoms with Crippen molar-refractivity contribution in [2.75, 3.05) is 13.6 Å². The van der Waals surface area contributed by atoms with Crippen molar-refractivity contribution in [2.45, 2.75) is 70.8 Å². The number of carbonyl (C=O) groups is 1. The zero-order valence-corrected chi connectivity index (χ0v) is 17.4. The van der Waals surface area contributed by atoms with E-state index in [2.05, 4.69) is 17.5 Å². The summed E-state index contributed by atoms with van der Waals surface area (Å²) >= 11 is 0. The first-order chi connectivity index (χ1) is 13.5. The molecule has 6 heteroatoms. The molecule has 0 aromatic carbocycles. The predicted octanol–water partition coefficient (Wildman–Crippen LogP) is 2.80. The van der Waals surface area contributed by atoms with Crippen molar-refractivity contribution in [1.82, 2.24) is 15.7 Å². The number of fused-ring (bicyclic) bond motifs is 5. The average molecular weight is 389 g/mol. The van der Waals surface area contributed by atoms with Crippen LogP contribution in [0, 0.1) is 40.9 Å². The normalized spacial score (nSPS) is 48.0. The summed E-state index contributed by atoms with van der Waals surface area (Å²) in [6.07, 6.45) is 12.3. The number of ketones is 1. The third-order valence-corrected chi connectivity index (χ3v) is 9.39. The molecule has 28 heavy (non-hydrogen) atoms. The largest absolute Gasteiger partial charge is 0.393 e. The number of Topliss-reactive ketones (excluding diaryl/α,β-unsaturated/α-hetero) is 1. The number of hydrogen-bond donors (Lipinski definition) is 2. The van der Waals surface area contributed by atoms with Crippen LogP contribution in [0.15, 0.2) is 5.10 Å². The van der Waals surface area contributed by atoms with Crippen molar-refractivity contribution in [3.05, 3.63) is 0 Å². The van der Waals surface area contributed by atoms with Gasteiger partial charge in [0.15, 0.2) is 5.78 Å². The molecule has 0 radical (unpaired) electrons. The van der Waals surface area contributed by atoms with Gasteiger partial charge in [-0.15, -0.1) is 10.2 Å². The van der Waals surface area contributed by atoms with E-state index < -0.39 is 0 Å². The number of hydrogen-bond acceptors (Lipinski definition) is 6. The lowest BCUT2D eigenvalue weighted by molar-refractivity contribution is -0.136. The van der Waals surface area contributed by atoms with Gasteiger partial charge in [0.1, 0.15) is 12.9 Å². The monoisotopic (exact) mass is 388 g/mol. The van der Waals surface area contributed by atoms with Crippen molar-refractivity contribution < 1.29 is 9.90 Å². The molecule has 8 unspecified atom stereocenters. The van der Waals surface area contributed by atoms with Crippen molar-refractivity contribution in [3.63, 3.8) is 0 Å². The summed E-state index contributed by atoms with van der Waals surface area (Å²) < 4.78 is 0. The Morgan fingerprint density at radius 2 is 1.96 bits per heavy atom. The van der Waals surface area contributed by atoms with Crippen LogP contribution < -0.4 is 5.43 Å². The Balaban J connectivity index is 1.30. The van der Waals surface area contributed by atoms with E-state index in [-0.39, 0.29) is 17.4 Å². The average Bonchev–Trinajstić information content (AvgIpc) is 3.23. The lowest BCUT2D eigenvalue weighted by atomic mass is 9.49. The quantitative estimate of drug-likeness (QED) is 0.778. The molecule has 0 saturated heterocycles. The summed E-state index contributed by atoms with van der Waals surface area (Å²) in [6.45, 7) is 2.80. The highest BCUT2D eigenvalue weighted by Gasteiger charge is 2.58. The van der Waals surface area contributed by atoms with E-state index in [1.54, 1.807) is 16.6 Å². The van der Waals surface area contributed by atoms with Crippen LogP contribution in [-0.4, -0.2) is 47.2 Å². The summed E-state index contributed by atoms with van der Waals surface area (Å²) in [6, 6.07) is 0. The molecule has 5 rings (SSSR count). The summed E-state index contributed by atoms with van der Waals surface area (Å²) in [4.78, 5) is 13.2. The van der Waals surface area contributed by atoms with Gasteiger partial charge in [-0.2, -0.15) is 0 Å². The van der Waals surface area contributed by atoms with E-state index in [9.17, 15) is 9.90 Å². The molecule has 0 bridgehead atoms. The van der Waals surface area contributed by atoms with Crippen LogP contribution in [0.3, 0.4) is 0 Å². The summed E-state index contributed by atoms with van der Waals surface area (Å²) in [7, 11) is 1.89. The molecule has 156 valence electrons. The van der Waals surface area contributed by atoms with E-state index in [4.69, 9.17) is 0 Å². The minimum Gasteiger partial charge on any atom is -0.393 e. The zero-order valence-electron chi connectivity index (χ0n) is 17.4. The van der Waals surface area contributed by atoms with Gasteiger partial charge >= 0.3 is 0 Å². The second kappa shape index (κ2) is 6.98. The Morgan fingerprint density at radius 3 is 2.75 bits per heavy atom. The minimum atomic E-state index is -0.0546. The highest BCUT2D eigenvalue weighted by molar-refractivity contribution is 5.84. The Kier molecular flexibility index (Phi) is 4.70. The van der Waals surface area contributed by atoms with Crippen LogP contribution in [0.4, 0.5) is 0 Å². The maximum atomic E-state index is 13.2. The molecule has 5 aliphatic rings. The minimum absolute atomic E-state index is 0.0546. The third-order valence-electron chi connectivity index (χ3n) is 9.39. The van der Waals surface area contributed by atoms with Gasteiger partial charge in [-0.3, -0.25) is 10.2 Å². The number of hydrazone groups is 1. The molecule has 2 N–H and O–H groups in total. The smallest absolute Gasteiger partial charge is 0.159 e. The van der Waals surface area contributed by atoms with E-state index in [1.807, 2.05) is 7.05 Å².